The Morgan fingerprint density at radius 1 is 1.44 bits per heavy atom. The van der Waals surface area contributed by atoms with Crippen LogP contribution in [-0.2, 0) is 11.3 Å². The topological polar surface area (TPSA) is 34.4 Å². The normalized spacial score (nSPS) is 20.4. The third-order valence-corrected chi connectivity index (χ3v) is 3.00. The quantitative estimate of drug-likeness (QED) is 0.753. The smallest absolute Gasteiger partial charge is 0.117 e. The van der Waals surface area contributed by atoms with E-state index < -0.39 is 0 Å². The molecule has 1 N–H and O–H groups in total. The Labute approximate surface area is 97.2 Å². The predicted octanol–water partition coefficient (Wildman–Crippen LogP) is 2.64. The van der Waals surface area contributed by atoms with Gasteiger partial charge in [-0.15, -0.1) is 0 Å². The largest absolute Gasteiger partial charge is 0.465 e. The Balaban J connectivity index is 1.51. The number of hydrogen-bond acceptors (Lipinski definition) is 3. The monoisotopic (exact) mass is 223 g/mol. The first-order chi connectivity index (χ1) is 7.84. The van der Waals surface area contributed by atoms with Crippen molar-refractivity contribution in [3.8, 4) is 0 Å². The van der Waals surface area contributed by atoms with Gasteiger partial charge in [0.1, 0.15) is 11.5 Å². The Morgan fingerprint density at radius 3 is 3.06 bits per heavy atom. The van der Waals surface area contributed by atoms with Crippen molar-refractivity contribution in [2.24, 2.45) is 0 Å². The lowest BCUT2D eigenvalue weighted by molar-refractivity contribution is 0.102. The van der Waals surface area contributed by atoms with Crippen LogP contribution in [0.1, 0.15) is 37.2 Å². The van der Waals surface area contributed by atoms with Gasteiger partial charge in [0.05, 0.1) is 12.6 Å². The molecule has 3 heteroatoms. The molecule has 0 bridgehead atoms. The van der Waals surface area contributed by atoms with Crippen LogP contribution in [0.15, 0.2) is 16.5 Å². The lowest BCUT2D eigenvalue weighted by atomic mass is 10.1. The maximum Gasteiger partial charge on any atom is 0.117 e. The van der Waals surface area contributed by atoms with Gasteiger partial charge in [-0.3, -0.25) is 0 Å². The molecule has 0 amide bonds. The van der Waals surface area contributed by atoms with E-state index in [0.717, 1.165) is 31.2 Å². The van der Waals surface area contributed by atoms with E-state index >= 15 is 0 Å². The van der Waals surface area contributed by atoms with Crippen LogP contribution in [0.2, 0.25) is 0 Å². The molecule has 2 rings (SSSR count). The highest BCUT2D eigenvalue weighted by Gasteiger charge is 2.14. The molecule has 0 aromatic carbocycles. The molecule has 1 atom stereocenters. The number of furan rings is 1. The van der Waals surface area contributed by atoms with Crippen molar-refractivity contribution in [1.82, 2.24) is 5.32 Å². The van der Waals surface area contributed by atoms with E-state index in [1.165, 1.54) is 25.7 Å². The fourth-order valence-electron chi connectivity index (χ4n) is 2.12. The Bertz CT molecular complexity index is 303. The van der Waals surface area contributed by atoms with Crippen LogP contribution in [0.5, 0.6) is 0 Å². The predicted molar refractivity (Wildman–Crippen MR) is 63.4 cm³/mol. The number of ether oxygens (including phenoxy) is 1. The van der Waals surface area contributed by atoms with Crippen molar-refractivity contribution in [2.75, 3.05) is 13.2 Å². The molecule has 90 valence electrons. The zero-order valence-corrected chi connectivity index (χ0v) is 10.00. The summed E-state index contributed by atoms with van der Waals surface area (Å²) in [5.41, 5.74) is 0. The summed E-state index contributed by atoms with van der Waals surface area (Å²) < 4.78 is 11.1. The second kappa shape index (κ2) is 6.06. The van der Waals surface area contributed by atoms with Gasteiger partial charge in [0.25, 0.3) is 0 Å². The second-order valence-corrected chi connectivity index (χ2v) is 4.47. The third kappa shape index (κ3) is 3.65. The van der Waals surface area contributed by atoms with Gasteiger partial charge < -0.3 is 14.5 Å². The summed E-state index contributed by atoms with van der Waals surface area (Å²) in [6, 6.07) is 4.03. The first kappa shape index (κ1) is 11.7. The molecule has 1 fully saturated rings. The summed E-state index contributed by atoms with van der Waals surface area (Å²) in [5.74, 6) is 2.01. The zero-order chi connectivity index (χ0) is 11.2. The third-order valence-electron chi connectivity index (χ3n) is 3.00. The van der Waals surface area contributed by atoms with Crippen molar-refractivity contribution in [3.63, 3.8) is 0 Å². The first-order valence-electron chi connectivity index (χ1n) is 6.22. The number of hydrogen-bond donors (Lipinski definition) is 1. The minimum absolute atomic E-state index is 0.521. The molecule has 0 aliphatic carbocycles. The minimum Gasteiger partial charge on any atom is -0.465 e. The second-order valence-electron chi connectivity index (χ2n) is 4.47. The van der Waals surface area contributed by atoms with E-state index in [1.54, 1.807) is 0 Å². The lowest BCUT2D eigenvalue weighted by Gasteiger charge is -2.08. The fourth-order valence-corrected chi connectivity index (χ4v) is 2.12. The Kier molecular flexibility index (Phi) is 4.43. The molecule has 1 unspecified atom stereocenters. The van der Waals surface area contributed by atoms with Gasteiger partial charge in [-0.2, -0.15) is 0 Å². The van der Waals surface area contributed by atoms with E-state index in [9.17, 15) is 0 Å². The van der Waals surface area contributed by atoms with Gasteiger partial charge in [0.15, 0.2) is 0 Å². The number of rotatable bonds is 6. The average molecular weight is 223 g/mol. The van der Waals surface area contributed by atoms with Crippen molar-refractivity contribution < 1.29 is 9.15 Å². The molecule has 1 aliphatic rings. The molecule has 1 aromatic rings. The standard InChI is InChI=1S/C13H21NO2/c1-11-6-7-13(16-11)10-14-8-2-4-12-5-3-9-15-12/h6-7,12,14H,2-5,8-10H2,1H3. The summed E-state index contributed by atoms with van der Waals surface area (Å²) >= 11 is 0. The molecule has 1 aromatic heterocycles. The van der Waals surface area contributed by atoms with Gasteiger partial charge in [0.2, 0.25) is 0 Å². The van der Waals surface area contributed by atoms with Gasteiger partial charge in [-0.1, -0.05) is 0 Å². The molecule has 16 heavy (non-hydrogen) atoms. The van der Waals surface area contributed by atoms with E-state index in [1.807, 2.05) is 19.1 Å². The number of aryl methyl sites for hydroxylation is 1. The molecule has 0 saturated carbocycles. The highest BCUT2D eigenvalue weighted by molar-refractivity contribution is 5.04. The Morgan fingerprint density at radius 2 is 2.38 bits per heavy atom. The SMILES string of the molecule is Cc1ccc(CNCCCC2CCCO2)o1. The summed E-state index contributed by atoms with van der Waals surface area (Å²) in [5, 5.41) is 3.39. The molecular formula is C13H21NO2. The van der Waals surface area contributed by atoms with E-state index in [-0.39, 0.29) is 0 Å². The van der Waals surface area contributed by atoms with Crippen LogP contribution < -0.4 is 5.32 Å². The van der Waals surface area contributed by atoms with Gasteiger partial charge in [0, 0.05) is 6.61 Å². The molecule has 1 saturated heterocycles. The van der Waals surface area contributed by atoms with E-state index in [2.05, 4.69) is 5.32 Å². The van der Waals surface area contributed by atoms with Crippen molar-refractivity contribution in [3.05, 3.63) is 23.7 Å². The zero-order valence-electron chi connectivity index (χ0n) is 10.00. The summed E-state index contributed by atoms with van der Waals surface area (Å²) in [6.07, 6.45) is 5.38. The van der Waals surface area contributed by atoms with Gasteiger partial charge in [-0.25, -0.2) is 0 Å². The van der Waals surface area contributed by atoms with Crippen LogP contribution in [0.3, 0.4) is 0 Å². The highest BCUT2D eigenvalue weighted by atomic mass is 16.5. The molecule has 1 aliphatic heterocycles. The number of nitrogens with one attached hydrogen (secondary N) is 1. The van der Waals surface area contributed by atoms with Crippen LogP contribution >= 0.6 is 0 Å². The summed E-state index contributed by atoms with van der Waals surface area (Å²) in [6.45, 7) is 4.81. The molecule has 3 nitrogen and oxygen atoms in total. The lowest BCUT2D eigenvalue weighted by Crippen LogP contribution is -2.16. The van der Waals surface area contributed by atoms with E-state index in [4.69, 9.17) is 9.15 Å². The molecule has 0 radical (unpaired) electrons. The van der Waals surface area contributed by atoms with Crippen molar-refractivity contribution in [2.45, 2.75) is 45.3 Å². The van der Waals surface area contributed by atoms with Crippen molar-refractivity contribution >= 4 is 0 Å². The summed E-state index contributed by atoms with van der Waals surface area (Å²) in [7, 11) is 0. The molecule has 0 spiro atoms. The molecule has 2 heterocycles. The first-order valence-corrected chi connectivity index (χ1v) is 6.22. The maximum absolute atomic E-state index is 5.57. The van der Waals surface area contributed by atoms with Gasteiger partial charge >= 0.3 is 0 Å². The minimum atomic E-state index is 0.521. The van der Waals surface area contributed by atoms with Crippen LogP contribution in [0, 0.1) is 6.92 Å². The molecular weight excluding hydrogens is 202 g/mol. The van der Waals surface area contributed by atoms with Crippen LogP contribution in [-0.4, -0.2) is 19.3 Å². The van der Waals surface area contributed by atoms with E-state index in [0.29, 0.717) is 6.10 Å². The van der Waals surface area contributed by atoms with Crippen LogP contribution in [0.25, 0.3) is 0 Å². The highest BCUT2D eigenvalue weighted by Crippen LogP contribution is 2.16. The fraction of sp³-hybridized carbons (Fsp3) is 0.692. The maximum atomic E-state index is 5.57. The average Bonchev–Trinajstić information content (AvgIpc) is 2.89. The van der Waals surface area contributed by atoms with Crippen LogP contribution in [0.4, 0.5) is 0 Å². The van der Waals surface area contributed by atoms with Gasteiger partial charge in [-0.05, 0) is 51.3 Å². The van der Waals surface area contributed by atoms with Crippen molar-refractivity contribution in [1.29, 1.82) is 0 Å². The Hall–Kier alpha value is -0.800. The summed E-state index contributed by atoms with van der Waals surface area (Å²) in [4.78, 5) is 0.